The molecule has 1 rings (SSSR count). The van der Waals surface area contributed by atoms with E-state index in [1.165, 1.54) is 11.9 Å². The number of ether oxygens (including phenoxy) is 1. The molecular formula is C13H20Cl2N2O4. The van der Waals surface area contributed by atoms with Crippen LogP contribution in [0.2, 0.25) is 0 Å². The first-order valence-electron chi connectivity index (χ1n) is 6.80. The standard InChI is InChI=1S/C13H20Cl2N2O4/c1-9(5-7-18)11(19)17-6-3-4-10(16-17)12(20)21-8-13(2,14)15/h7,9-10,16H,3-6,8H2,1-2H3/t9?,10-/m0/s1. The summed E-state index contributed by atoms with van der Waals surface area (Å²) in [5, 5.41) is 1.38. The molecule has 1 aliphatic rings. The lowest BCUT2D eigenvalue weighted by Gasteiger charge is -2.34. The third-order valence-corrected chi connectivity index (χ3v) is 3.29. The monoisotopic (exact) mass is 338 g/mol. The van der Waals surface area contributed by atoms with E-state index in [0.717, 1.165) is 0 Å². The number of carbonyl (C=O) groups excluding carboxylic acids is 3. The first kappa shape index (κ1) is 18.2. The number of nitrogens with zero attached hydrogens (tertiary/aromatic N) is 1. The largest absolute Gasteiger partial charge is 0.461 e. The van der Waals surface area contributed by atoms with Crippen LogP contribution in [-0.2, 0) is 19.1 Å². The number of amides is 1. The third kappa shape index (κ3) is 6.20. The second-order valence-corrected chi connectivity index (χ2v) is 7.16. The van der Waals surface area contributed by atoms with Crippen LogP contribution in [0.15, 0.2) is 0 Å². The predicted octanol–water partition coefficient (Wildman–Crippen LogP) is 1.44. The number of esters is 1. The molecule has 2 atom stereocenters. The molecule has 0 radical (unpaired) electrons. The normalized spacial score (nSPS) is 20.8. The molecule has 0 spiro atoms. The summed E-state index contributed by atoms with van der Waals surface area (Å²) in [6.07, 6.45) is 2.10. The van der Waals surface area contributed by atoms with Crippen molar-refractivity contribution >= 4 is 41.4 Å². The number of rotatable bonds is 6. The van der Waals surface area contributed by atoms with Gasteiger partial charge in [-0.05, 0) is 19.8 Å². The fourth-order valence-electron chi connectivity index (χ4n) is 1.92. The quantitative estimate of drug-likeness (QED) is 0.450. The van der Waals surface area contributed by atoms with Crippen molar-refractivity contribution in [3.63, 3.8) is 0 Å². The highest BCUT2D eigenvalue weighted by molar-refractivity contribution is 6.48. The van der Waals surface area contributed by atoms with E-state index in [2.05, 4.69) is 5.43 Å². The summed E-state index contributed by atoms with van der Waals surface area (Å²) in [6.45, 7) is 3.57. The average Bonchev–Trinajstić information content (AvgIpc) is 2.43. The van der Waals surface area contributed by atoms with E-state index in [-0.39, 0.29) is 18.9 Å². The highest BCUT2D eigenvalue weighted by atomic mass is 35.5. The second kappa shape index (κ2) is 7.96. The zero-order chi connectivity index (χ0) is 16.0. The molecule has 0 aromatic carbocycles. The van der Waals surface area contributed by atoms with Gasteiger partial charge in [0.05, 0.1) is 0 Å². The van der Waals surface area contributed by atoms with E-state index in [0.29, 0.717) is 25.7 Å². The van der Waals surface area contributed by atoms with Crippen molar-refractivity contribution in [2.24, 2.45) is 5.92 Å². The Morgan fingerprint density at radius 3 is 2.76 bits per heavy atom. The molecule has 1 N–H and O–H groups in total. The van der Waals surface area contributed by atoms with Gasteiger partial charge in [0, 0.05) is 18.9 Å². The Labute approximate surface area is 134 Å². The van der Waals surface area contributed by atoms with Crippen molar-refractivity contribution in [1.82, 2.24) is 10.4 Å². The number of hydrogen-bond acceptors (Lipinski definition) is 5. The maximum Gasteiger partial charge on any atom is 0.325 e. The van der Waals surface area contributed by atoms with Crippen molar-refractivity contribution in [3.05, 3.63) is 0 Å². The fourth-order valence-corrected chi connectivity index (χ4v) is 2.03. The number of carbonyl (C=O) groups is 3. The number of aldehydes is 1. The number of nitrogens with one attached hydrogen (secondary N) is 1. The minimum Gasteiger partial charge on any atom is -0.461 e. The van der Waals surface area contributed by atoms with Gasteiger partial charge in [-0.15, -0.1) is 0 Å². The minimum absolute atomic E-state index is 0.122. The lowest BCUT2D eigenvalue weighted by atomic mass is 10.1. The van der Waals surface area contributed by atoms with E-state index in [9.17, 15) is 14.4 Å². The molecule has 0 bridgehead atoms. The molecule has 1 aliphatic heterocycles. The van der Waals surface area contributed by atoms with Gasteiger partial charge >= 0.3 is 5.97 Å². The van der Waals surface area contributed by atoms with E-state index < -0.39 is 22.3 Å². The third-order valence-electron chi connectivity index (χ3n) is 3.08. The summed E-state index contributed by atoms with van der Waals surface area (Å²) in [4.78, 5) is 34.5. The summed E-state index contributed by atoms with van der Waals surface area (Å²) >= 11 is 11.5. The van der Waals surface area contributed by atoms with Gasteiger partial charge in [0.1, 0.15) is 23.3 Å². The SMILES string of the molecule is CC(CC=O)C(=O)N1CCC[C@@H](C(=O)OCC(C)(Cl)Cl)N1. The first-order valence-corrected chi connectivity index (χ1v) is 7.56. The molecule has 0 aromatic heterocycles. The van der Waals surface area contributed by atoms with Crippen LogP contribution < -0.4 is 5.43 Å². The maximum absolute atomic E-state index is 12.1. The highest BCUT2D eigenvalue weighted by Gasteiger charge is 2.31. The molecule has 1 amide bonds. The van der Waals surface area contributed by atoms with Crippen LogP contribution in [0.5, 0.6) is 0 Å². The summed E-state index contributed by atoms with van der Waals surface area (Å²) < 4.78 is 3.88. The summed E-state index contributed by atoms with van der Waals surface area (Å²) in [7, 11) is 0. The van der Waals surface area contributed by atoms with Crippen LogP contribution in [0.25, 0.3) is 0 Å². The van der Waals surface area contributed by atoms with Gasteiger partial charge in [0.25, 0.3) is 0 Å². The van der Waals surface area contributed by atoms with Crippen LogP contribution in [0.3, 0.4) is 0 Å². The summed E-state index contributed by atoms with van der Waals surface area (Å²) in [6, 6.07) is -0.609. The van der Waals surface area contributed by atoms with Gasteiger partial charge in [-0.25, -0.2) is 5.43 Å². The molecule has 0 saturated carbocycles. The topological polar surface area (TPSA) is 75.7 Å². The lowest BCUT2D eigenvalue weighted by Crippen LogP contribution is -2.56. The number of halogens is 2. The van der Waals surface area contributed by atoms with Gasteiger partial charge < -0.3 is 9.53 Å². The van der Waals surface area contributed by atoms with E-state index in [4.69, 9.17) is 27.9 Å². The van der Waals surface area contributed by atoms with Gasteiger partial charge in [-0.2, -0.15) is 0 Å². The van der Waals surface area contributed by atoms with Crippen LogP contribution in [-0.4, -0.2) is 46.7 Å². The Morgan fingerprint density at radius 1 is 1.52 bits per heavy atom. The molecule has 120 valence electrons. The van der Waals surface area contributed by atoms with E-state index in [1.54, 1.807) is 6.92 Å². The first-order chi connectivity index (χ1) is 9.74. The average molecular weight is 339 g/mol. The molecule has 1 heterocycles. The van der Waals surface area contributed by atoms with Crippen molar-refractivity contribution in [1.29, 1.82) is 0 Å². The maximum atomic E-state index is 12.1. The minimum atomic E-state index is -1.14. The zero-order valence-corrected chi connectivity index (χ0v) is 13.6. The van der Waals surface area contributed by atoms with Crippen LogP contribution >= 0.6 is 23.2 Å². The predicted molar refractivity (Wildman–Crippen MR) is 78.8 cm³/mol. The molecule has 1 unspecified atom stereocenters. The molecule has 21 heavy (non-hydrogen) atoms. The Kier molecular flexibility index (Phi) is 6.90. The molecular weight excluding hydrogens is 319 g/mol. The molecule has 6 nitrogen and oxygen atoms in total. The fraction of sp³-hybridized carbons (Fsp3) is 0.769. The molecule has 0 aliphatic carbocycles. The van der Waals surface area contributed by atoms with Gasteiger partial charge in [-0.1, -0.05) is 30.1 Å². The van der Waals surface area contributed by atoms with Crippen LogP contribution in [0, 0.1) is 5.92 Å². The van der Waals surface area contributed by atoms with Crippen molar-refractivity contribution in [2.75, 3.05) is 13.2 Å². The molecule has 1 saturated heterocycles. The van der Waals surface area contributed by atoms with Crippen LogP contribution in [0.4, 0.5) is 0 Å². The smallest absolute Gasteiger partial charge is 0.325 e. The number of alkyl halides is 2. The van der Waals surface area contributed by atoms with E-state index >= 15 is 0 Å². The van der Waals surface area contributed by atoms with E-state index in [1.807, 2.05) is 0 Å². The highest BCUT2D eigenvalue weighted by Crippen LogP contribution is 2.20. The second-order valence-electron chi connectivity index (χ2n) is 5.30. The van der Waals surface area contributed by atoms with Gasteiger partial charge in [-0.3, -0.25) is 14.6 Å². The van der Waals surface area contributed by atoms with Gasteiger partial charge in [0.15, 0.2) is 0 Å². The number of hydrazine groups is 1. The van der Waals surface area contributed by atoms with Crippen LogP contribution in [0.1, 0.15) is 33.1 Å². The Balaban J connectivity index is 2.53. The summed E-state index contributed by atoms with van der Waals surface area (Å²) in [5.74, 6) is -1.12. The van der Waals surface area contributed by atoms with Crippen molar-refractivity contribution in [3.8, 4) is 0 Å². The van der Waals surface area contributed by atoms with Gasteiger partial charge in [0.2, 0.25) is 5.91 Å². The molecule has 1 fully saturated rings. The Bertz CT molecular complexity index is 398. The Hall–Kier alpha value is -0.850. The molecule has 8 heteroatoms. The zero-order valence-electron chi connectivity index (χ0n) is 12.1. The molecule has 0 aromatic rings. The number of hydrogen-bond donors (Lipinski definition) is 1. The summed E-state index contributed by atoms with van der Waals surface area (Å²) in [5.41, 5.74) is 2.84. The Morgan fingerprint density at radius 2 is 2.19 bits per heavy atom. The van der Waals surface area contributed by atoms with Crippen molar-refractivity contribution in [2.45, 2.75) is 43.5 Å². The lowest BCUT2D eigenvalue weighted by molar-refractivity contribution is -0.153. The van der Waals surface area contributed by atoms with Crippen molar-refractivity contribution < 1.29 is 19.1 Å².